The Bertz CT molecular complexity index is 655. The second-order valence-corrected chi connectivity index (χ2v) is 5.70. The molecule has 0 spiro atoms. The summed E-state index contributed by atoms with van der Waals surface area (Å²) in [5, 5.41) is 0.676. The summed E-state index contributed by atoms with van der Waals surface area (Å²) in [4.78, 5) is 11.4. The van der Waals surface area contributed by atoms with E-state index < -0.39 is 0 Å². The van der Waals surface area contributed by atoms with Gasteiger partial charge in [0.15, 0.2) is 0 Å². The number of carbonyl (C=O) groups is 1. The van der Waals surface area contributed by atoms with Gasteiger partial charge in [0, 0.05) is 5.02 Å². The maximum absolute atomic E-state index is 11.4. The van der Waals surface area contributed by atoms with Gasteiger partial charge in [-0.1, -0.05) is 23.7 Å². The van der Waals surface area contributed by atoms with Crippen LogP contribution in [-0.4, -0.2) is 5.91 Å². The molecule has 0 aromatic heterocycles. The smallest absolute Gasteiger partial charge is 0.236 e. The second kappa shape index (κ2) is 5.39. The summed E-state index contributed by atoms with van der Waals surface area (Å²) in [6.07, 6.45) is 0.421. The van der Waals surface area contributed by atoms with Gasteiger partial charge in [-0.25, -0.2) is 5.43 Å². The monoisotopic (exact) mass is 302 g/mol. The van der Waals surface area contributed by atoms with Gasteiger partial charge in [-0.3, -0.25) is 10.2 Å². The Kier molecular flexibility index (Phi) is 3.57. The number of ether oxygens (including phenoxy) is 1. The van der Waals surface area contributed by atoms with Crippen molar-refractivity contribution in [3.8, 4) is 11.5 Å². The molecule has 2 N–H and O–H groups in total. The maximum Gasteiger partial charge on any atom is 0.236 e. The molecule has 5 heteroatoms. The lowest BCUT2D eigenvalue weighted by atomic mass is 9.90. The minimum absolute atomic E-state index is 0.000934. The van der Waals surface area contributed by atoms with Crippen molar-refractivity contribution in [1.29, 1.82) is 0 Å². The molecule has 1 fully saturated rings. The molecule has 21 heavy (non-hydrogen) atoms. The van der Waals surface area contributed by atoms with E-state index in [4.69, 9.17) is 16.3 Å². The topological polar surface area (TPSA) is 50.4 Å². The molecule has 0 saturated carbocycles. The molecule has 1 saturated heterocycles. The third-order valence-electron chi connectivity index (χ3n) is 3.53. The van der Waals surface area contributed by atoms with Gasteiger partial charge < -0.3 is 4.74 Å². The van der Waals surface area contributed by atoms with Crippen LogP contribution in [0.1, 0.15) is 18.9 Å². The molecule has 1 aliphatic heterocycles. The summed E-state index contributed by atoms with van der Waals surface area (Å²) in [6.45, 7) is 1.99. The van der Waals surface area contributed by atoms with Crippen molar-refractivity contribution in [3.05, 3.63) is 59.1 Å². The molecule has 0 aliphatic carbocycles. The molecule has 1 unspecified atom stereocenters. The van der Waals surface area contributed by atoms with E-state index in [9.17, 15) is 4.79 Å². The molecule has 0 bridgehead atoms. The summed E-state index contributed by atoms with van der Waals surface area (Å²) in [5.41, 5.74) is 6.31. The molecular formula is C16H15ClN2O2. The molecule has 2 aromatic rings. The predicted octanol–water partition coefficient (Wildman–Crippen LogP) is 3.37. The van der Waals surface area contributed by atoms with Crippen molar-refractivity contribution >= 4 is 17.5 Å². The molecule has 4 nitrogen and oxygen atoms in total. The van der Waals surface area contributed by atoms with Crippen LogP contribution in [0.15, 0.2) is 48.5 Å². The van der Waals surface area contributed by atoms with E-state index in [1.54, 1.807) is 12.1 Å². The summed E-state index contributed by atoms with van der Waals surface area (Å²) in [5.74, 6) is 1.47. The van der Waals surface area contributed by atoms with Gasteiger partial charge in [0.05, 0.1) is 12.0 Å². The van der Waals surface area contributed by atoms with Gasteiger partial charge in [0.1, 0.15) is 11.5 Å². The van der Waals surface area contributed by atoms with Crippen molar-refractivity contribution in [2.24, 2.45) is 0 Å². The third kappa shape index (κ3) is 3.01. The minimum Gasteiger partial charge on any atom is -0.457 e. The van der Waals surface area contributed by atoms with Crippen molar-refractivity contribution in [2.75, 3.05) is 0 Å². The van der Waals surface area contributed by atoms with Crippen LogP contribution >= 0.6 is 11.6 Å². The largest absolute Gasteiger partial charge is 0.457 e. The van der Waals surface area contributed by atoms with Crippen LogP contribution in [0.4, 0.5) is 0 Å². The standard InChI is InChI=1S/C16H15ClN2O2/c1-16(10-15(20)18-19-16)11-2-6-13(7-3-11)21-14-8-4-12(17)5-9-14/h2-9,19H,10H2,1H3,(H,18,20). The lowest BCUT2D eigenvalue weighted by Crippen LogP contribution is -2.38. The number of nitrogens with one attached hydrogen (secondary N) is 2. The van der Waals surface area contributed by atoms with Crippen LogP contribution < -0.4 is 15.6 Å². The fraction of sp³-hybridized carbons (Fsp3) is 0.188. The average molecular weight is 303 g/mol. The average Bonchev–Trinajstić information content (AvgIpc) is 2.83. The van der Waals surface area contributed by atoms with Gasteiger partial charge in [-0.15, -0.1) is 0 Å². The van der Waals surface area contributed by atoms with Crippen molar-refractivity contribution < 1.29 is 9.53 Å². The van der Waals surface area contributed by atoms with Crippen LogP contribution in [-0.2, 0) is 10.3 Å². The van der Waals surface area contributed by atoms with Crippen molar-refractivity contribution in [2.45, 2.75) is 18.9 Å². The first kappa shape index (κ1) is 13.9. The zero-order chi connectivity index (χ0) is 14.9. The van der Waals surface area contributed by atoms with E-state index in [1.165, 1.54) is 0 Å². The van der Waals surface area contributed by atoms with E-state index in [0.717, 1.165) is 17.1 Å². The zero-order valence-corrected chi connectivity index (χ0v) is 12.3. The van der Waals surface area contributed by atoms with Crippen molar-refractivity contribution in [1.82, 2.24) is 10.9 Å². The highest BCUT2D eigenvalue weighted by Crippen LogP contribution is 2.30. The highest BCUT2D eigenvalue weighted by atomic mass is 35.5. The summed E-state index contributed by atoms with van der Waals surface area (Å²) < 4.78 is 5.74. The van der Waals surface area contributed by atoms with Crippen LogP contribution in [0, 0.1) is 0 Å². The number of halogens is 1. The highest BCUT2D eigenvalue weighted by Gasteiger charge is 2.35. The van der Waals surface area contributed by atoms with Crippen LogP contribution in [0.3, 0.4) is 0 Å². The van der Waals surface area contributed by atoms with Gasteiger partial charge in [-0.05, 0) is 48.9 Å². The lowest BCUT2D eigenvalue weighted by Gasteiger charge is -2.22. The number of amides is 1. The van der Waals surface area contributed by atoms with Gasteiger partial charge in [0.2, 0.25) is 5.91 Å². The fourth-order valence-electron chi connectivity index (χ4n) is 2.32. The van der Waals surface area contributed by atoms with Crippen LogP contribution in [0.25, 0.3) is 0 Å². The molecule has 2 aromatic carbocycles. The normalized spacial score (nSPS) is 21.1. The molecular weight excluding hydrogens is 288 g/mol. The van der Waals surface area contributed by atoms with Gasteiger partial charge in [0.25, 0.3) is 0 Å². The molecule has 1 atom stereocenters. The SMILES string of the molecule is CC1(c2ccc(Oc3ccc(Cl)cc3)cc2)CC(=O)NN1. The first-order chi connectivity index (χ1) is 10.0. The summed E-state index contributed by atoms with van der Waals surface area (Å²) >= 11 is 5.84. The Balaban J connectivity index is 1.75. The molecule has 0 radical (unpaired) electrons. The first-order valence-corrected chi connectivity index (χ1v) is 7.03. The third-order valence-corrected chi connectivity index (χ3v) is 3.78. The number of hydrogen-bond acceptors (Lipinski definition) is 3. The molecule has 108 valence electrons. The second-order valence-electron chi connectivity index (χ2n) is 5.26. The Morgan fingerprint density at radius 2 is 1.62 bits per heavy atom. The quantitative estimate of drug-likeness (QED) is 0.914. The maximum atomic E-state index is 11.4. The van der Waals surface area contributed by atoms with Gasteiger partial charge >= 0.3 is 0 Å². The number of rotatable bonds is 3. The molecule has 1 amide bonds. The highest BCUT2D eigenvalue weighted by molar-refractivity contribution is 6.30. The van der Waals surface area contributed by atoms with Crippen LogP contribution in [0.5, 0.6) is 11.5 Å². The molecule has 1 heterocycles. The summed E-state index contributed by atoms with van der Waals surface area (Å²) in [6, 6.07) is 14.9. The van der Waals surface area contributed by atoms with E-state index in [0.29, 0.717) is 11.4 Å². The van der Waals surface area contributed by atoms with Gasteiger partial charge in [-0.2, -0.15) is 0 Å². The van der Waals surface area contributed by atoms with E-state index >= 15 is 0 Å². The number of hydrazine groups is 1. The Morgan fingerprint density at radius 3 is 2.14 bits per heavy atom. The summed E-state index contributed by atoms with van der Waals surface area (Å²) in [7, 11) is 0. The zero-order valence-electron chi connectivity index (χ0n) is 11.5. The Morgan fingerprint density at radius 1 is 1.05 bits per heavy atom. The van der Waals surface area contributed by atoms with E-state index in [1.807, 2.05) is 43.3 Å². The number of carbonyl (C=O) groups excluding carboxylic acids is 1. The Labute approximate surface area is 128 Å². The van der Waals surface area contributed by atoms with E-state index in [2.05, 4.69) is 10.9 Å². The number of hydrogen-bond donors (Lipinski definition) is 2. The fourth-order valence-corrected chi connectivity index (χ4v) is 2.45. The van der Waals surface area contributed by atoms with E-state index in [-0.39, 0.29) is 11.4 Å². The lowest BCUT2D eigenvalue weighted by molar-refractivity contribution is -0.119. The Hall–Kier alpha value is -2.04. The first-order valence-electron chi connectivity index (χ1n) is 6.65. The molecule has 3 rings (SSSR count). The number of benzene rings is 2. The van der Waals surface area contributed by atoms with Crippen molar-refractivity contribution in [3.63, 3.8) is 0 Å². The minimum atomic E-state index is -0.379. The van der Waals surface area contributed by atoms with Crippen LogP contribution in [0.2, 0.25) is 5.02 Å². The predicted molar refractivity (Wildman–Crippen MR) is 81.2 cm³/mol. The molecule has 1 aliphatic rings.